The molecule has 0 bridgehead atoms. The van der Waals surface area contributed by atoms with Crippen LogP contribution in [0.1, 0.15) is 126 Å². The summed E-state index contributed by atoms with van der Waals surface area (Å²) in [4.78, 5) is 78.8. The summed E-state index contributed by atoms with van der Waals surface area (Å²) in [5, 5.41) is 33.9. The molecule has 0 aliphatic carbocycles. The highest BCUT2D eigenvalue weighted by molar-refractivity contribution is 6.15. The van der Waals surface area contributed by atoms with Crippen molar-refractivity contribution in [2.75, 3.05) is 48.0 Å². The SMILES string of the molecule is CCC(O)c1ccc(C#Cc2ccc(C(=O)N(C)[C@](C)(C(=O)CO)C(=O)NC)cc2)cc1.CCC(O)c1ccc(C#Cc2ccc(C(=O)N(C)[C@](C)(C(=O)COC3CCCCO3)C(=O)NC)cc2)cc1. The molecule has 0 spiro atoms. The largest absolute Gasteiger partial charge is 0.388 e. The number of carbonyl (C=O) groups is 6. The van der Waals surface area contributed by atoms with E-state index in [1.54, 1.807) is 48.5 Å². The van der Waals surface area contributed by atoms with E-state index in [2.05, 4.69) is 34.3 Å². The molecule has 1 saturated heterocycles. The third-order valence-corrected chi connectivity index (χ3v) is 12.4. The van der Waals surface area contributed by atoms with Crippen LogP contribution in [0, 0.1) is 23.7 Å². The van der Waals surface area contributed by atoms with E-state index in [1.807, 2.05) is 62.4 Å². The Morgan fingerprint density at radius 1 is 0.629 bits per heavy atom. The molecule has 4 aromatic carbocycles. The van der Waals surface area contributed by atoms with E-state index < -0.39 is 71.4 Å². The maximum atomic E-state index is 13.3. The number of aliphatic hydroxyl groups is 3. The normalized spacial score (nSPS) is 15.4. The average molecular weight is 957 g/mol. The van der Waals surface area contributed by atoms with Crippen LogP contribution in [0.4, 0.5) is 0 Å². The number of ether oxygens (including phenoxy) is 2. The lowest BCUT2D eigenvalue weighted by molar-refractivity contribution is -0.174. The summed E-state index contributed by atoms with van der Waals surface area (Å²) < 4.78 is 11.1. The molecule has 5 atom stereocenters. The highest BCUT2D eigenvalue weighted by atomic mass is 16.7. The van der Waals surface area contributed by atoms with Gasteiger partial charge >= 0.3 is 0 Å². The van der Waals surface area contributed by atoms with Crippen LogP contribution in [0.5, 0.6) is 0 Å². The second-order valence-corrected chi connectivity index (χ2v) is 16.9. The lowest BCUT2D eigenvalue weighted by Crippen LogP contribution is -2.62. The van der Waals surface area contributed by atoms with Gasteiger partial charge < -0.3 is 45.2 Å². The number of rotatable bonds is 16. The van der Waals surface area contributed by atoms with Crippen LogP contribution >= 0.6 is 0 Å². The van der Waals surface area contributed by atoms with Crippen LogP contribution in [0.2, 0.25) is 0 Å². The molecule has 5 rings (SSSR count). The van der Waals surface area contributed by atoms with Gasteiger partial charge in [0.15, 0.2) is 28.9 Å². The summed E-state index contributed by atoms with van der Waals surface area (Å²) in [6, 6.07) is 27.9. The first kappa shape index (κ1) is 55.6. The second kappa shape index (κ2) is 26.1. The number of hydrogen-bond donors (Lipinski definition) is 5. The fraction of sp³-hybridized carbons (Fsp3) is 0.382. The van der Waals surface area contributed by atoms with Crippen LogP contribution in [0.25, 0.3) is 0 Å². The zero-order valence-corrected chi connectivity index (χ0v) is 41.1. The Kier molecular flexibility index (Phi) is 20.8. The zero-order valence-electron chi connectivity index (χ0n) is 41.1. The molecule has 1 heterocycles. The minimum atomic E-state index is -1.84. The topological polar surface area (TPSA) is 212 Å². The van der Waals surface area contributed by atoms with Gasteiger partial charge in [-0.1, -0.05) is 61.8 Å². The Morgan fingerprint density at radius 3 is 1.30 bits per heavy atom. The van der Waals surface area contributed by atoms with Gasteiger partial charge in [0.2, 0.25) is 0 Å². The third kappa shape index (κ3) is 13.8. The number of aliphatic hydroxyl groups excluding tert-OH is 3. The van der Waals surface area contributed by atoms with Crippen LogP contribution in [0.3, 0.4) is 0 Å². The molecule has 1 aliphatic heterocycles. The van der Waals surface area contributed by atoms with E-state index in [-0.39, 0.29) is 12.2 Å². The molecule has 15 nitrogen and oxygen atoms in total. The van der Waals surface area contributed by atoms with Gasteiger partial charge in [-0.25, -0.2) is 0 Å². The van der Waals surface area contributed by atoms with Gasteiger partial charge in [-0.2, -0.15) is 0 Å². The fourth-order valence-electron chi connectivity index (χ4n) is 7.25. The lowest BCUT2D eigenvalue weighted by Gasteiger charge is -2.36. The summed E-state index contributed by atoms with van der Waals surface area (Å²) in [6.07, 6.45) is 2.39. The van der Waals surface area contributed by atoms with Crippen molar-refractivity contribution in [1.29, 1.82) is 0 Å². The Hall–Kier alpha value is -6.98. The van der Waals surface area contributed by atoms with Gasteiger partial charge in [0.05, 0.1) is 12.2 Å². The highest BCUT2D eigenvalue weighted by Crippen LogP contribution is 2.23. The highest BCUT2D eigenvalue weighted by Gasteiger charge is 2.47. The standard InChI is InChI=1S/C30H36N2O6.C25H28N2O5/c1-5-25(33)23-15-11-21(12-16-23)9-10-22-13-17-24(18-14-22)28(35)32(4)30(2,29(36)31-3)26(34)20-38-27-8-6-7-19-37-27;1-5-21(29)19-12-8-17(9-13-19)6-7-18-10-14-20(15-11-18)23(31)27(4)25(2,22(30)16-28)24(32)26-3/h11-18,25,27,33H,5-8,19-20H2,1-4H3,(H,31,36);8-15,21,28-29H,5,16H2,1-4H3,(H,26,32)/t25?,27?,30-;21?,25-/m11/s1. The number of nitrogens with zero attached hydrogens (tertiary/aromatic N) is 2. The first-order chi connectivity index (χ1) is 33.4. The number of Topliss-reactive ketones (excluding diaryl/α,β-unsaturated/α-hetero) is 2. The van der Waals surface area contributed by atoms with Crippen LogP contribution in [-0.2, 0) is 28.7 Å². The number of nitrogens with one attached hydrogen (secondary N) is 2. The lowest BCUT2D eigenvalue weighted by atomic mass is 9.92. The molecular weight excluding hydrogens is 893 g/mol. The quantitative estimate of drug-likeness (QED) is 0.0754. The number of likely N-dealkylation sites (N-methyl/N-ethyl adjacent to an activating group) is 4. The Bertz CT molecular complexity index is 2550. The first-order valence-electron chi connectivity index (χ1n) is 23.1. The minimum Gasteiger partial charge on any atom is -0.388 e. The van der Waals surface area contributed by atoms with E-state index in [0.29, 0.717) is 42.6 Å². The van der Waals surface area contributed by atoms with Gasteiger partial charge in [0, 0.05) is 68.2 Å². The number of carbonyl (C=O) groups excluding carboxylic acids is 6. The molecule has 370 valence electrons. The van der Waals surface area contributed by atoms with E-state index in [1.165, 1.54) is 42.0 Å². The Morgan fingerprint density at radius 2 is 0.986 bits per heavy atom. The van der Waals surface area contributed by atoms with Gasteiger partial charge in [-0.15, -0.1) is 0 Å². The van der Waals surface area contributed by atoms with Crippen LogP contribution in [0.15, 0.2) is 97.1 Å². The van der Waals surface area contributed by atoms with Crippen molar-refractivity contribution >= 4 is 35.2 Å². The van der Waals surface area contributed by atoms with Gasteiger partial charge in [0.25, 0.3) is 23.6 Å². The first-order valence-corrected chi connectivity index (χ1v) is 23.1. The summed E-state index contributed by atoms with van der Waals surface area (Å²) in [5.41, 5.74) is 1.66. The number of amides is 4. The van der Waals surface area contributed by atoms with E-state index in [0.717, 1.165) is 44.9 Å². The van der Waals surface area contributed by atoms with Crippen molar-refractivity contribution in [1.82, 2.24) is 20.4 Å². The van der Waals surface area contributed by atoms with Gasteiger partial charge in [0.1, 0.15) is 13.2 Å². The molecule has 4 amide bonds. The van der Waals surface area contributed by atoms with E-state index >= 15 is 0 Å². The maximum Gasteiger partial charge on any atom is 0.254 e. The molecule has 5 N–H and O–H groups in total. The summed E-state index contributed by atoms with van der Waals surface area (Å²) in [6.45, 7) is 5.90. The molecule has 1 fully saturated rings. The van der Waals surface area contributed by atoms with Gasteiger partial charge in [-0.3, -0.25) is 28.8 Å². The van der Waals surface area contributed by atoms with Crippen molar-refractivity contribution in [3.63, 3.8) is 0 Å². The van der Waals surface area contributed by atoms with Crippen molar-refractivity contribution in [3.05, 3.63) is 142 Å². The summed E-state index contributed by atoms with van der Waals surface area (Å²) in [5.74, 6) is 8.54. The molecule has 15 heteroatoms. The molecule has 70 heavy (non-hydrogen) atoms. The Balaban J connectivity index is 0.000000309. The molecule has 3 unspecified atom stereocenters. The molecule has 0 saturated carbocycles. The fourth-order valence-corrected chi connectivity index (χ4v) is 7.25. The minimum absolute atomic E-state index is 0.275. The van der Waals surface area contributed by atoms with Crippen LogP contribution in [-0.4, -0.2) is 126 Å². The van der Waals surface area contributed by atoms with Crippen LogP contribution < -0.4 is 10.6 Å². The van der Waals surface area contributed by atoms with Gasteiger partial charge in [-0.05, 0) is 130 Å². The van der Waals surface area contributed by atoms with Crippen molar-refractivity contribution in [2.24, 2.45) is 0 Å². The van der Waals surface area contributed by atoms with Crippen molar-refractivity contribution < 1.29 is 53.6 Å². The maximum absolute atomic E-state index is 13.3. The molecule has 4 aromatic rings. The summed E-state index contributed by atoms with van der Waals surface area (Å²) in [7, 11) is 5.55. The predicted molar refractivity (Wildman–Crippen MR) is 264 cm³/mol. The van der Waals surface area contributed by atoms with E-state index in [4.69, 9.17) is 9.47 Å². The number of ketones is 2. The molecule has 0 radical (unpaired) electrons. The number of hydrogen-bond acceptors (Lipinski definition) is 11. The van der Waals surface area contributed by atoms with Crippen molar-refractivity contribution in [2.45, 2.75) is 89.4 Å². The van der Waals surface area contributed by atoms with E-state index in [9.17, 15) is 44.1 Å². The predicted octanol–water partition coefficient (Wildman–Crippen LogP) is 4.89. The summed E-state index contributed by atoms with van der Waals surface area (Å²) >= 11 is 0. The monoisotopic (exact) mass is 956 g/mol. The smallest absolute Gasteiger partial charge is 0.254 e. The van der Waals surface area contributed by atoms with Crippen molar-refractivity contribution in [3.8, 4) is 23.7 Å². The zero-order chi connectivity index (χ0) is 51.6. The molecule has 0 aromatic heterocycles. The second-order valence-electron chi connectivity index (χ2n) is 16.9. The average Bonchev–Trinajstić information content (AvgIpc) is 3.41. The Labute approximate surface area is 410 Å². The molecular formula is C55H64N4O11. The molecule has 1 aliphatic rings. The third-order valence-electron chi connectivity index (χ3n) is 12.4. The number of benzene rings is 4.